The maximum absolute atomic E-state index is 8.79. The average Bonchev–Trinajstić information content (AvgIpc) is 2.84. The van der Waals surface area contributed by atoms with E-state index in [2.05, 4.69) is 38.7 Å². The summed E-state index contributed by atoms with van der Waals surface area (Å²) < 4.78 is 3.15. The number of aromatic nitrogens is 1. The minimum absolute atomic E-state index is 0.684. The average molecular weight is 297 g/mol. The molecule has 0 saturated heterocycles. The molecule has 0 unspecified atom stereocenters. The molecule has 0 saturated carbocycles. The number of rotatable bonds is 1. The predicted octanol–water partition coefficient (Wildman–Crippen LogP) is 4.24. The molecule has 0 fully saturated rings. The van der Waals surface area contributed by atoms with Crippen LogP contribution >= 0.6 is 15.9 Å². The number of nitrogens with zero attached hydrogens (tertiary/aromatic N) is 2. The quantitative estimate of drug-likeness (QED) is 0.660. The smallest absolute Gasteiger partial charge is 0.0991 e. The number of hydrogen-bond acceptors (Lipinski definition) is 1. The van der Waals surface area contributed by atoms with E-state index in [1.807, 2.05) is 42.6 Å². The first-order valence-corrected chi connectivity index (χ1v) is 6.34. The lowest BCUT2D eigenvalue weighted by molar-refractivity contribution is 1.19. The first-order chi connectivity index (χ1) is 8.78. The predicted molar refractivity (Wildman–Crippen MR) is 75.2 cm³/mol. The summed E-state index contributed by atoms with van der Waals surface area (Å²) in [4.78, 5) is 0. The van der Waals surface area contributed by atoms with Gasteiger partial charge in [-0.15, -0.1) is 0 Å². The first-order valence-electron chi connectivity index (χ1n) is 5.55. The van der Waals surface area contributed by atoms with Crippen LogP contribution in [0.5, 0.6) is 0 Å². The third-order valence-electron chi connectivity index (χ3n) is 2.93. The Balaban J connectivity index is 2.14. The molecule has 0 N–H and O–H groups in total. The summed E-state index contributed by atoms with van der Waals surface area (Å²) in [5.74, 6) is 0. The van der Waals surface area contributed by atoms with Crippen LogP contribution in [0.2, 0.25) is 0 Å². The highest BCUT2D eigenvalue weighted by molar-refractivity contribution is 9.10. The summed E-state index contributed by atoms with van der Waals surface area (Å²) in [5.41, 5.74) is 4.08. The van der Waals surface area contributed by atoms with Crippen LogP contribution in [-0.2, 0) is 0 Å². The van der Waals surface area contributed by atoms with E-state index in [-0.39, 0.29) is 0 Å². The van der Waals surface area contributed by atoms with E-state index >= 15 is 0 Å². The normalized spacial score (nSPS) is 10.4. The second kappa shape index (κ2) is 4.32. The molecule has 2 nitrogen and oxygen atoms in total. The number of benzene rings is 1. The summed E-state index contributed by atoms with van der Waals surface area (Å²) in [7, 11) is 0. The van der Waals surface area contributed by atoms with Crippen LogP contribution < -0.4 is 0 Å². The highest BCUT2D eigenvalue weighted by Gasteiger charge is 2.04. The fraction of sp³-hybridized carbons (Fsp3) is 0. The second-order valence-electron chi connectivity index (χ2n) is 4.07. The molecule has 0 aliphatic heterocycles. The Bertz CT molecular complexity index is 748. The molecule has 0 aliphatic rings. The number of fused-ring (bicyclic) bond motifs is 1. The van der Waals surface area contributed by atoms with Gasteiger partial charge < -0.3 is 4.40 Å². The summed E-state index contributed by atoms with van der Waals surface area (Å²) in [6.07, 6.45) is 4.11. The molecule has 3 rings (SSSR count). The van der Waals surface area contributed by atoms with Gasteiger partial charge in [0.1, 0.15) is 0 Å². The Kier molecular flexibility index (Phi) is 2.66. The van der Waals surface area contributed by atoms with E-state index in [9.17, 15) is 0 Å². The van der Waals surface area contributed by atoms with Gasteiger partial charge >= 0.3 is 0 Å². The van der Waals surface area contributed by atoms with Crippen LogP contribution in [0.4, 0.5) is 0 Å². The zero-order chi connectivity index (χ0) is 12.5. The SMILES string of the molecule is N#Cc1ccc(-c2cc3c(Br)cccn3c2)cc1. The highest BCUT2D eigenvalue weighted by atomic mass is 79.9. The summed E-state index contributed by atoms with van der Waals surface area (Å²) >= 11 is 3.54. The van der Waals surface area contributed by atoms with Gasteiger partial charge in [0.2, 0.25) is 0 Å². The molecule has 86 valence electrons. The zero-order valence-electron chi connectivity index (χ0n) is 9.47. The molecule has 2 aromatic heterocycles. The van der Waals surface area contributed by atoms with Crippen molar-refractivity contribution in [3.8, 4) is 17.2 Å². The van der Waals surface area contributed by atoms with Gasteiger partial charge in [0.15, 0.2) is 0 Å². The number of halogens is 1. The van der Waals surface area contributed by atoms with E-state index in [0.717, 1.165) is 21.1 Å². The standard InChI is InChI=1S/C15H9BrN2/c16-14-2-1-7-18-10-13(8-15(14)18)12-5-3-11(9-17)4-6-12/h1-8,10H. The summed E-state index contributed by atoms with van der Waals surface area (Å²) in [5, 5.41) is 8.79. The molecule has 3 heteroatoms. The fourth-order valence-corrected chi connectivity index (χ4v) is 2.47. The summed E-state index contributed by atoms with van der Waals surface area (Å²) in [6.45, 7) is 0. The van der Waals surface area contributed by atoms with E-state index in [4.69, 9.17) is 5.26 Å². The molecular formula is C15H9BrN2. The Labute approximate surface area is 113 Å². The van der Waals surface area contributed by atoms with Crippen molar-refractivity contribution in [2.45, 2.75) is 0 Å². The monoisotopic (exact) mass is 296 g/mol. The molecule has 18 heavy (non-hydrogen) atoms. The van der Waals surface area contributed by atoms with Gasteiger partial charge in [-0.05, 0) is 51.8 Å². The first kappa shape index (κ1) is 11.1. The van der Waals surface area contributed by atoms with Crippen molar-refractivity contribution in [2.75, 3.05) is 0 Å². The van der Waals surface area contributed by atoms with Crippen LogP contribution in [0.3, 0.4) is 0 Å². The van der Waals surface area contributed by atoms with Gasteiger partial charge in [-0.2, -0.15) is 5.26 Å². The van der Waals surface area contributed by atoms with E-state index in [1.54, 1.807) is 0 Å². The van der Waals surface area contributed by atoms with Crippen LogP contribution in [0.15, 0.2) is 59.3 Å². The van der Waals surface area contributed by atoms with Gasteiger partial charge in [-0.3, -0.25) is 0 Å². The van der Waals surface area contributed by atoms with Crippen molar-refractivity contribution < 1.29 is 0 Å². The van der Waals surface area contributed by atoms with Crippen LogP contribution in [-0.4, -0.2) is 4.40 Å². The van der Waals surface area contributed by atoms with E-state index < -0.39 is 0 Å². The van der Waals surface area contributed by atoms with E-state index in [1.165, 1.54) is 0 Å². The van der Waals surface area contributed by atoms with Crippen LogP contribution in [0, 0.1) is 11.3 Å². The Morgan fingerprint density at radius 1 is 1.06 bits per heavy atom. The third-order valence-corrected chi connectivity index (χ3v) is 3.60. The Hall–Kier alpha value is -2.05. The number of nitriles is 1. The molecule has 0 bridgehead atoms. The third kappa shape index (κ3) is 1.81. The minimum atomic E-state index is 0.684. The molecule has 1 aromatic carbocycles. The lowest BCUT2D eigenvalue weighted by Gasteiger charge is -1.96. The van der Waals surface area contributed by atoms with Crippen molar-refractivity contribution >= 4 is 21.4 Å². The molecule has 0 atom stereocenters. The zero-order valence-corrected chi connectivity index (χ0v) is 11.1. The molecule has 0 amide bonds. The molecule has 0 spiro atoms. The van der Waals surface area contributed by atoms with Gasteiger partial charge in [-0.25, -0.2) is 0 Å². The highest BCUT2D eigenvalue weighted by Crippen LogP contribution is 2.26. The van der Waals surface area contributed by atoms with Gasteiger partial charge in [-0.1, -0.05) is 12.1 Å². The molecular weight excluding hydrogens is 288 g/mol. The van der Waals surface area contributed by atoms with Gasteiger partial charge in [0.05, 0.1) is 17.1 Å². The second-order valence-corrected chi connectivity index (χ2v) is 4.92. The lowest BCUT2D eigenvalue weighted by Crippen LogP contribution is -1.79. The minimum Gasteiger partial charge on any atom is -0.322 e. The molecule has 3 aromatic rings. The molecule has 2 heterocycles. The topological polar surface area (TPSA) is 28.2 Å². The fourth-order valence-electron chi connectivity index (χ4n) is 1.99. The van der Waals surface area contributed by atoms with Crippen molar-refractivity contribution in [3.63, 3.8) is 0 Å². The van der Waals surface area contributed by atoms with Crippen molar-refractivity contribution in [3.05, 3.63) is 64.9 Å². The van der Waals surface area contributed by atoms with Crippen LogP contribution in [0.25, 0.3) is 16.6 Å². The Morgan fingerprint density at radius 3 is 2.50 bits per heavy atom. The molecule has 0 aliphatic carbocycles. The largest absolute Gasteiger partial charge is 0.322 e. The maximum Gasteiger partial charge on any atom is 0.0991 e. The Morgan fingerprint density at radius 2 is 1.83 bits per heavy atom. The van der Waals surface area contributed by atoms with Crippen molar-refractivity contribution in [1.82, 2.24) is 4.40 Å². The number of pyridine rings is 1. The van der Waals surface area contributed by atoms with Crippen LogP contribution in [0.1, 0.15) is 5.56 Å². The number of hydrogen-bond donors (Lipinski definition) is 0. The van der Waals surface area contributed by atoms with Crippen molar-refractivity contribution in [2.24, 2.45) is 0 Å². The molecule has 0 radical (unpaired) electrons. The van der Waals surface area contributed by atoms with Crippen molar-refractivity contribution in [1.29, 1.82) is 5.26 Å². The lowest BCUT2D eigenvalue weighted by atomic mass is 10.1. The summed E-state index contributed by atoms with van der Waals surface area (Å²) in [6, 6.07) is 15.9. The maximum atomic E-state index is 8.79. The van der Waals surface area contributed by atoms with Gasteiger partial charge in [0, 0.05) is 22.4 Å². The van der Waals surface area contributed by atoms with E-state index in [0.29, 0.717) is 5.56 Å². The van der Waals surface area contributed by atoms with Gasteiger partial charge in [0.25, 0.3) is 0 Å².